The molecule has 17 heavy (non-hydrogen) atoms. The topological polar surface area (TPSA) is 29.5 Å². The average Bonchev–Trinajstić information content (AvgIpc) is 2.83. The van der Waals surface area contributed by atoms with Crippen molar-refractivity contribution in [3.63, 3.8) is 0 Å². The van der Waals surface area contributed by atoms with Crippen molar-refractivity contribution in [3.8, 4) is 0 Å². The van der Waals surface area contributed by atoms with E-state index in [1.54, 1.807) is 0 Å². The van der Waals surface area contributed by atoms with Gasteiger partial charge < -0.3 is 9.84 Å². The summed E-state index contributed by atoms with van der Waals surface area (Å²) in [6, 6.07) is 0. The Morgan fingerprint density at radius 1 is 1.41 bits per heavy atom. The zero-order valence-electron chi connectivity index (χ0n) is 11.4. The molecule has 0 radical (unpaired) electrons. The van der Waals surface area contributed by atoms with Crippen molar-refractivity contribution in [1.29, 1.82) is 0 Å². The van der Waals surface area contributed by atoms with Gasteiger partial charge in [-0.15, -0.1) is 0 Å². The van der Waals surface area contributed by atoms with Crippen LogP contribution in [-0.4, -0.2) is 17.5 Å². The molecule has 0 aliphatic heterocycles. The number of fused-ring (bicyclic) bond motifs is 1. The van der Waals surface area contributed by atoms with Crippen LogP contribution in [0.4, 0.5) is 0 Å². The molecule has 1 N–H and O–H groups in total. The van der Waals surface area contributed by atoms with Gasteiger partial charge in [0.05, 0.1) is 6.10 Å². The molecule has 0 heterocycles. The second kappa shape index (κ2) is 5.11. The van der Waals surface area contributed by atoms with Gasteiger partial charge >= 0.3 is 0 Å². The van der Waals surface area contributed by atoms with E-state index in [4.69, 9.17) is 4.74 Å². The molecule has 2 saturated carbocycles. The SMILES string of the molecule is C=C(C)C(O)OC1C(C)C2CCCC2C1CC. The third-order valence-electron chi connectivity index (χ3n) is 4.97. The van der Waals surface area contributed by atoms with Crippen molar-refractivity contribution in [1.82, 2.24) is 0 Å². The number of hydrogen-bond donors (Lipinski definition) is 1. The second-order valence-electron chi connectivity index (χ2n) is 5.99. The predicted molar refractivity (Wildman–Crippen MR) is 69.5 cm³/mol. The largest absolute Gasteiger partial charge is 0.364 e. The highest BCUT2D eigenvalue weighted by atomic mass is 16.6. The molecule has 0 bridgehead atoms. The Morgan fingerprint density at radius 2 is 2.06 bits per heavy atom. The lowest BCUT2D eigenvalue weighted by molar-refractivity contribution is -0.138. The average molecular weight is 238 g/mol. The van der Waals surface area contributed by atoms with E-state index in [2.05, 4.69) is 20.4 Å². The van der Waals surface area contributed by atoms with Crippen molar-refractivity contribution in [3.05, 3.63) is 12.2 Å². The molecule has 0 aromatic heterocycles. The summed E-state index contributed by atoms with van der Waals surface area (Å²) in [6.07, 6.45) is 4.70. The minimum atomic E-state index is -0.782. The summed E-state index contributed by atoms with van der Waals surface area (Å²) in [5, 5.41) is 9.86. The van der Waals surface area contributed by atoms with Gasteiger partial charge in [-0.2, -0.15) is 0 Å². The van der Waals surface area contributed by atoms with E-state index in [1.165, 1.54) is 25.7 Å². The Labute approximate surface area is 105 Å². The van der Waals surface area contributed by atoms with Gasteiger partial charge in [-0.25, -0.2) is 0 Å². The first kappa shape index (κ1) is 13.1. The molecule has 2 aliphatic carbocycles. The minimum Gasteiger partial charge on any atom is -0.364 e. The summed E-state index contributed by atoms with van der Waals surface area (Å²) in [5.74, 6) is 2.87. The maximum absolute atomic E-state index is 9.86. The Bertz CT molecular complexity index is 287. The van der Waals surface area contributed by atoms with Gasteiger partial charge in [-0.1, -0.05) is 33.3 Å². The lowest BCUT2D eigenvalue weighted by atomic mass is 9.89. The third kappa shape index (κ3) is 2.30. The van der Waals surface area contributed by atoms with Crippen LogP contribution in [0.2, 0.25) is 0 Å². The first-order valence-electron chi connectivity index (χ1n) is 7.05. The van der Waals surface area contributed by atoms with Crippen LogP contribution in [0.5, 0.6) is 0 Å². The molecule has 0 amide bonds. The summed E-state index contributed by atoms with van der Waals surface area (Å²) in [5.41, 5.74) is 0.712. The molecule has 0 spiro atoms. The number of aliphatic hydroxyl groups excluding tert-OH is 1. The highest BCUT2D eigenvalue weighted by Crippen LogP contribution is 2.53. The molecule has 0 aromatic rings. The van der Waals surface area contributed by atoms with Crippen molar-refractivity contribution < 1.29 is 9.84 Å². The fourth-order valence-electron chi connectivity index (χ4n) is 4.10. The van der Waals surface area contributed by atoms with Crippen LogP contribution in [-0.2, 0) is 4.74 Å². The lowest BCUT2D eigenvalue weighted by Crippen LogP contribution is -2.31. The standard InChI is InChI=1S/C15H26O2/c1-5-11-13-8-6-7-12(13)10(4)14(11)17-15(16)9(2)3/h10-16H,2,5-8H2,1,3-4H3. The Morgan fingerprint density at radius 3 is 2.65 bits per heavy atom. The van der Waals surface area contributed by atoms with Crippen LogP contribution < -0.4 is 0 Å². The number of aliphatic hydroxyl groups is 1. The quantitative estimate of drug-likeness (QED) is 0.601. The lowest BCUT2D eigenvalue weighted by Gasteiger charge is -2.28. The smallest absolute Gasteiger partial charge is 0.176 e. The summed E-state index contributed by atoms with van der Waals surface area (Å²) in [7, 11) is 0. The van der Waals surface area contributed by atoms with E-state index in [-0.39, 0.29) is 6.10 Å². The van der Waals surface area contributed by atoms with E-state index in [0.717, 1.165) is 11.8 Å². The molecule has 2 aliphatic rings. The van der Waals surface area contributed by atoms with Crippen molar-refractivity contribution in [2.45, 2.75) is 58.8 Å². The van der Waals surface area contributed by atoms with Crippen molar-refractivity contribution in [2.75, 3.05) is 0 Å². The van der Waals surface area contributed by atoms with Gasteiger partial charge in [0, 0.05) is 0 Å². The molecule has 6 unspecified atom stereocenters. The van der Waals surface area contributed by atoms with E-state index in [9.17, 15) is 5.11 Å². The fraction of sp³-hybridized carbons (Fsp3) is 0.867. The fourth-order valence-corrected chi connectivity index (χ4v) is 4.10. The zero-order valence-corrected chi connectivity index (χ0v) is 11.4. The zero-order chi connectivity index (χ0) is 12.6. The van der Waals surface area contributed by atoms with Gasteiger partial charge in [-0.3, -0.25) is 0 Å². The Balaban J connectivity index is 2.08. The van der Waals surface area contributed by atoms with E-state index >= 15 is 0 Å². The van der Waals surface area contributed by atoms with E-state index < -0.39 is 6.29 Å². The van der Waals surface area contributed by atoms with Gasteiger partial charge in [0.15, 0.2) is 6.29 Å². The van der Waals surface area contributed by atoms with Crippen LogP contribution in [0.1, 0.15) is 46.5 Å². The van der Waals surface area contributed by atoms with Crippen LogP contribution >= 0.6 is 0 Å². The summed E-state index contributed by atoms with van der Waals surface area (Å²) in [4.78, 5) is 0. The Kier molecular flexibility index (Phi) is 3.94. The predicted octanol–water partition coefficient (Wildman–Crippen LogP) is 3.36. The molecular weight excluding hydrogens is 212 g/mol. The van der Waals surface area contributed by atoms with E-state index in [1.807, 2.05) is 6.92 Å². The Hall–Kier alpha value is -0.340. The number of ether oxygens (including phenoxy) is 1. The highest BCUT2D eigenvalue weighted by molar-refractivity contribution is 5.00. The normalized spacial score (nSPS) is 42.5. The first-order chi connectivity index (χ1) is 8.06. The molecule has 0 aromatic carbocycles. The maximum Gasteiger partial charge on any atom is 0.176 e. The summed E-state index contributed by atoms with van der Waals surface area (Å²) in [6.45, 7) is 10.1. The highest BCUT2D eigenvalue weighted by Gasteiger charge is 2.50. The van der Waals surface area contributed by atoms with Gasteiger partial charge in [-0.05, 0) is 49.0 Å². The third-order valence-corrected chi connectivity index (χ3v) is 4.97. The molecule has 6 atom stereocenters. The molecule has 2 rings (SSSR count). The van der Waals surface area contributed by atoms with Gasteiger partial charge in [0.25, 0.3) is 0 Å². The van der Waals surface area contributed by atoms with Gasteiger partial charge in [0.1, 0.15) is 0 Å². The van der Waals surface area contributed by atoms with Crippen molar-refractivity contribution in [2.24, 2.45) is 23.7 Å². The molecule has 98 valence electrons. The van der Waals surface area contributed by atoms with Crippen LogP contribution in [0, 0.1) is 23.7 Å². The van der Waals surface area contributed by atoms with Crippen LogP contribution in [0.15, 0.2) is 12.2 Å². The minimum absolute atomic E-state index is 0.224. The summed E-state index contributed by atoms with van der Waals surface area (Å²) < 4.78 is 5.88. The molecule has 0 saturated heterocycles. The monoisotopic (exact) mass is 238 g/mol. The van der Waals surface area contributed by atoms with Crippen LogP contribution in [0.25, 0.3) is 0 Å². The maximum atomic E-state index is 9.86. The molecule has 2 nitrogen and oxygen atoms in total. The number of rotatable bonds is 4. The van der Waals surface area contributed by atoms with Crippen LogP contribution in [0.3, 0.4) is 0 Å². The molecule has 2 fully saturated rings. The molecular formula is C15H26O2. The van der Waals surface area contributed by atoms with Crippen molar-refractivity contribution >= 4 is 0 Å². The molecule has 2 heteroatoms. The van der Waals surface area contributed by atoms with E-state index in [0.29, 0.717) is 17.4 Å². The number of hydrogen-bond acceptors (Lipinski definition) is 2. The first-order valence-corrected chi connectivity index (χ1v) is 7.05. The summed E-state index contributed by atoms with van der Waals surface area (Å²) >= 11 is 0. The van der Waals surface area contributed by atoms with Gasteiger partial charge in [0.2, 0.25) is 0 Å². The second-order valence-corrected chi connectivity index (χ2v) is 5.99.